The minimum absolute atomic E-state index is 0.126. The molecule has 0 heterocycles. The highest BCUT2D eigenvalue weighted by molar-refractivity contribution is 5.40. The van der Waals surface area contributed by atoms with E-state index in [1.807, 2.05) is 12.1 Å². The topological polar surface area (TPSA) is 75.4 Å². The van der Waals surface area contributed by atoms with Crippen LogP contribution in [0.1, 0.15) is 50.5 Å². The Labute approximate surface area is 137 Å². The van der Waals surface area contributed by atoms with E-state index in [0.29, 0.717) is 18.0 Å². The van der Waals surface area contributed by atoms with E-state index in [2.05, 4.69) is 5.32 Å². The van der Waals surface area contributed by atoms with E-state index in [1.54, 1.807) is 12.1 Å². The molecule has 0 bridgehead atoms. The molecule has 1 aromatic rings. The van der Waals surface area contributed by atoms with Crippen molar-refractivity contribution in [1.29, 1.82) is 0 Å². The smallest absolute Gasteiger partial charge is 0.272 e. The summed E-state index contributed by atoms with van der Waals surface area (Å²) in [6, 6.07) is 8.08. The molecular weight excluding hydrogens is 292 g/mol. The predicted octanol–water partition coefficient (Wildman–Crippen LogP) is 3.20. The van der Waals surface area contributed by atoms with E-state index < -0.39 is 0 Å². The number of nitrogens with zero attached hydrogens (tertiary/aromatic N) is 1. The number of hydrogen-bond acceptors (Lipinski definition) is 4. The van der Waals surface area contributed by atoms with Crippen LogP contribution in [0.25, 0.3) is 0 Å². The fourth-order valence-corrected chi connectivity index (χ4v) is 4.19. The summed E-state index contributed by atoms with van der Waals surface area (Å²) in [6.07, 6.45) is 8.00. The van der Waals surface area contributed by atoms with Crippen LogP contribution in [0.15, 0.2) is 24.3 Å². The van der Waals surface area contributed by atoms with Gasteiger partial charge in [0.1, 0.15) is 0 Å². The highest BCUT2D eigenvalue weighted by atomic mass is 16.6. The molecule has 0 amide bonds. The molecule has 0 aromatic heterocycles. The predicted molar refractivity (Wildman–Crippen MR) is 89.3 cm³/mol. The van der Waals surface area contributed by atoms with E-state index in [1.165, 1.54) is 6.42 Å². The molecule has 0 spiro atoms. The second kappa shape index (κ2) is 7.41. The summed E-state index contributed by atoms with van der Waals surface area (Å²) in [7, 11) is 0. The van der Waals surface area contributed by atoms with Crippen LogP contribution in [0.5, 0.6) is 0 Å². The average Bonchev–Trinajstić information content (AvgIpc) is 2.97. The first kappa shape index (κ1) is 16.4. The number of para-hydroxylation sites is 1. The maximum atomic E-state index is 11.2. The molecule has 2 fully saturated rings. The van der Waals surface area contributed by atoms with Crippen LogP contribution >= 0.6 is 0 Å². The van der Waals surface area contributed by atoms with Gasteiger partial charge < -0.3 is 10.4 Å². The number of hydrogen-bond donors (Lipinski definition) is 2. The van der Waals surface area contributed by atoms with E-state index in [9.17, 15) is 15.2 Å². The lowest BCUT2D eigenvalue weighted by Gasteiger charge is -2.31. The molecule has 0 aliphatic heterocycles. The molecule has 2 aliphatic rings. The standard InChI is InChI=1S/C18H26N2O3/c21-16-10-8-15(9-11-16)19-17-6-3-5-13(17)12-14-4-1-2-7-18(14)20(22)23/h1-2,4,7,13,15-17,19,21H,3,5-6,8-12H2. The fourth-order valence-electron chi connectivity index (χ4n) is 4.19. The van der Waals surface area contributed by atoms with Crippen molar-refractivity contribution in [2.45, 2.75) is 69.6 Å². The fraction of sp³-hybridized carbons (Fsp3) is 0.667. The molecule has 0 saturated heterocycles. The summed E-state index contributed by atoms with van der Waals surface area (Å²) in [4.78, 5) is 10.9. The van der Waals surface area contributed by atoms with E-state index in [4.69, 9.17) is 0 Å². The van der Waals surface area contributed by atoms with Crippen LogP contribution in [-0.2, 0) is 6.42 Å². The second-order valence-corrected chi connectivity index (χ2v) is 7.06. The first-order valence-corrected chi connectivity index (χ1v) is 8.80. The zero-order valence-corrected chi connectivity index (χ0v) is 13.5. The third-order valence-electron chi connectivity index (χ3n) is 5.48. The van der Waals surface area contributed by atoms with Crippen molar-refractivity contribution in [3.8, 4) is 0 Å². The van der Waals surface area contributed by atoms with Gasteiger partial charge in [-0.25, -0.2) is 0 Å². The Hall–Kier alpha value is -1.46. The van der Waals surface area contributed by atoms with Crippen LogP contribution in [0.2, 0.25) is 0 Å². The molecule has 2 saturated carbocycles. The molecule has 5 nitrogen and oxygen atoms in total. The Bertz CT molecular complexity index is 541. The SMILES string of the molecule is O=[N+]([O-])c1ccccc1CC1CCCC1NC1CCC(O)CC1. The molecule has 1 aromatic carbocycles. The first-order valence-electron chi connectivity index (χ1n) is 8.80. The van der Waals surface area contributed by atoms with Gasteiger partial charge in [0.05, 0.1) is 11.0 Å². The zero-order chi connectivity index (χ0) is 16.2. The number of nitro benzene ring substituents is 1. The largest absolute Gasteiger partial charge is 0.393 e. The van der Waals surface area contributed by atoms with Crippen molar-refractivity contribution < 1.29 is 10.0 Å². The van der Waals surface area contributed by atoms with Crippen molar-refractivity contribution >= 4 is 5.69 Å². The lowest BCUT2D eigenvalue weighted by atomic mass is 9.89. The number of nitro groups is 1. The van der Waals surface area contributed by atoms with Crippen molar-refractivity contribution in [3.63, 3.8) is 0 Å². The molecule has 23 heavy (non-hydrogen) atoms. The molecule has 0 radical (unpaired) electrons. The number of benzene rings is 1. The number of aliphatic hydroxyl groups is 1. The Morgan fingerprint density at radius 3 is 2.61 bits per heavy atom. The van der Waals surface area contributed by atoms with E-state index in [0.717, 1.165) is 50.5 Å². The van der Waals surface area contributed by atoms with Crippen LogP contribution < -0.4 is 5.32 Å². The zero-order valence-electron chi connectivity index (χ0n) is 13.5. The highest BCUT2D eigenvalue weighted by Gasteiger charge is 2.31. The van der Waals surface area contributed by atoms with Gasteiger partial charge in [-0.15, -0.1) is 0 Å². The second-order valence-electron chi connectivity index (χ2n) is 7.06. The van der Waals surface area contributed by atoms with E-state index >= 15 is 0 Å². The summed E-state index contributed by atoms with van der Waals surface area (Å²) in [5.74, 6) is 0.475. The van der Waals surface area contributed by atoms with Crippen LogP contribution in [-0.4, -0.2) is 28.2 Å². The van der Waals surface area contributed by atoms with E-state index in [-0.39, 0.29) is 16.7 Å². The number of rotatable bonds is 5. The normalized spacial score (nSPS) is 31.2. The maximum Gasteiger partial charge on any atom is 0.272 e. The molecule has 2 N–H and O–H groups in total. The van der Waals surface area contributed by atoms with Crippen molar-refractivity contribution in [2.75, 3.05) is 0 Å². The monoisotopic (exact) mass is 318 g/mol. The minimum atomic E-state index is -0.269. The van der Waals surface area contributed by atoms with Gasteiger partial charge in [-0.1, -0.05) is 24.6 Å². The third-order valence-corrected chi connectivity index (χ3v) is 5.48. The summed E-state index contributed by atoms with van der Waals surface area (Å²) in [5.41, 5.74) is 1.11. The first-order chi connectivity index (χ1) is 11.1. The molecule has 5 heteroatoms. The van der Waals surface area contributed by atoms with Crippen molar-refractivity contribution in [3.05, 3.63) is 39.9 Å². The lowest BCUT2D eigenvalue weighted by molar-refractivity contribution is -0.385. The van der Waals surface area contributed by atoms with Gasteiger partial charge in [0, 0.05) is 23.7 Å². The summed E-state index contributed by atoms with van der Waals surface area (Å²) in [5, 5.41) is 24.6. The van der Waals surface area contributed by atoms with Gasteiger partial charge >= 0.3 is 0 Å². The average molecular weight is 318 g/mol. The Kier molecular flexibility index (Phi) is 5.28. The molecule has 2 atom stereocenters. The Morgan fingerprint density at radius 1 is 1.13 bits per heavy atom. The third kappa shape index (κ3) is 4.09. The number of nitrogens with one attached hydrogen (secondary N) is 1. The summed E-state index contributed by atoms with van der Waals surface area (Å²) >= 11 is 0. The molecule has 2 aliphatic carbocycles. The summed E-state index contributed by atoms with van der Waals surface area (Å²) in [6.45, 7) is 0. The van der Waals surface area contributed by atoms with Crippen molar-refractivity contribution in [2.24, 2.45) is 5.92 Å². The number of aliphatic hydroxyl groups excluding tert-OH is 1. The van der Waals surface area contributed by atoms with Crippen molar-refractivity contribution in [1.82, 2.24) is 5.32 Å². The lowest BCUT2D eigenvalue weighted by Crippen LogP contribution is -2.43. The van der Waals surface area contributed by atoms with Gasteiger partial charge in [-0.2, -0.15) is 0 Å². The molecule has 2 unspecified atom stereocenters. The molecule has 126 valence electrons. The molecular formula is C18H26N2O3. The van der Waals surface area contributed by atoms with Gasteiger partial charge in [0.2, 0.25) is 0 Å². The van der Waals surface area contributed by atoms with Gasteiger partial charge in [-0.3, -0.25) is 10.1 Å². The minimum Gasteiger partial charge on any atom is -0.393 e. The Morgan fingerprint density at radius 2 is 1.87 bits per heavy atom. The van der Waals surface area contributed by atoms with Gasteiger partial charge in [-0.05, 0) is 50.9 Å². The Balaban J connectivity index is 1.62. The van der Waals surface area contributed by atoms with Gasteiger partial charge in [0.15, 0.2) is 0 Å². The quantitative estimate of drug-likeness (QED) is 0.646. The maximum absolute atomic E-state index is 11.2. The summed E-state index contributed by atoms with van der Waals surface area (Å²) < 4.78 is 0. The van der Waals surface area contributed by atoms with Gasteiger partial charge in [0.25, 0.3) is 5.69 Å². The van der Waals surface area contributed by atoms with Crippen LogP contribution in [0.3, 0.4) is 0 Å². The highest BCUT2D eigenvalue weighted by Crippen LogP contribution is 2.33. The van der Waals surface area contributed by atoms with Crippen LogP contribution in [0.4, 0.5) is 5.69 Å². The molecule has 3 rings (SSSR count). The van der Waals surface area contributed by atoms with Crippen LogP contribution in [0, 0.1) is 16.0 Å².